The minimum Gasteiger partial charge on any atom is -0.396 e. The molecule has 0 spiro atoms. The molecule has 0 amide bonds. The highest BCUT2D eigenvalue weighted by Gasteiger charge is 2.23. The zero-order valence-electron chi connectivity index (χ0n) is 13.7. The number of aromatic nitrogens is 3. The first-order valence-electron chi connectivity index (χ1n) is 7.82. The highest BCUT2D eigenvalue weighted by atomic mass is 32.1. The topological polar surface area (TPSA) is 71.2 Å². The van der Waals surface area contributed by atoms with Crippen LogP contribution in [0.2, 0.25) is 0 Å². The van der Waals surface area contributed by atoms with E-state index < -0.39 is 0 Å². The van der Waals surface area contributed by atoms with Crippen molar-refractivity contribution in [3.05, 3.63) is 32.7 Å². The molecular weight excluding hydrogens is 312 g/mol. The Morgan fingerprint density at radius 2 is 2.22 bits per heavy atom. The Morgan fingerprint density at radius 3 is 2.91 bits per heavy atom. The van der Waals surface area contributed by atoms with Crippen molar-refractivity contribution in [2.24, 2.45) is 13.0 Å². The average Bonchev–Trinajstić information content (AvgIpc) is 3.16. The highest BCUT2D eigenvalue weighted by Crippen LogP contribution is 2.26. The summed E-state index contributed by atoms with van der Waals surface area (Å²) >= 11 is 1.51. The molecule has 3 heterocycles. The second-order valence-corrected chi connectivity index (χ2v) is 7.09. The van der Waals surface area contributed by atoms with Crippen LogP contribution in [-0.4, -0.2) is 44.5 Å². The highest BCUT2D eigenvalue weighted by molar-refractivity contribution is 7.13. The Kier molecular flexibility index (Phi) is 4.61. The maximum Gasteiger partial charge on any atom is 0.277 e. The summed E-state index contributed by atoms with van der Waals surface area (Å²) in [6, 6.07) is 0. The minimum absolute atomic E-state index is 0.101. The second kappa shape index (κ2) is 6.51. The first-order chi connectivity index (χ1) is 11.0. The summed E-state index contributed by atoms with van der Waals surface area (Å²) in [5, 5.41) is 16.2. The quantitative estimate of drug-likeness (QED) is 0.913. The van der Waals surface area contributed by atoms with Crippen LogP contribution in [0.25, 0.3) is 10.6 Å². The number of aliphatic hydroxyl groups excluding tert-OH is 1. The van der Waals surface area contributed by atoms with Crippen molar-refractivity contribution >= 4 is 11.3 Å². The molecule has 1 saturated heterocycles. The number of aliphatic hydroxyl groups is 1. The Balaban J connectivity index is 1.84. The number of rotatable bonds is 4. The predicted molar refractivity (Wildman–Crippen MR) is 90.5 cm³/mol. The van der Waals surface area contributed by atoms with Gasteiger partial charge < -0.3 is 5.11 Å². The van der Waals surface area contributed by atoms with Crippen molar-refractivity contribution in [1.82, 2.24) is 19.7 Å². The van der Waals surface area contributed by atoms with Gasteiger partial charge in [0.25, 0.3) is 5.56 Å². The van der Waals surface area contributed by atoms with Gasteiger partial charge in [0.2, 0.25) is 0 Å². The number of nitrogens with zero attached hydrogens (tertiary/aromatic N) is 4. The van der Waals surface area contributed by atoms with Gasteiger partial charge in [0.1, 0.15) is 5.01 Å². The summed E-state index contributed by atoms with van der Waals surface area (Å²) < 4.78 is 1.38. The van der Waals surface area contributed by atoms with E-state index in [1.807, 2.05) is 19.2 Å². The molecule has 0 aliphatic carbocycles. The normalized spacial score (nSPS) is 18.7. The summed E-state index contributed by atoms with van der Waals surface area (Å²) in [5.74, 6) is 0.380. The van der Waals surface area contributed by atoms with Crippen LogP contribution in [0.5, 0.6) is 0 Å². The molecule has 3 rings (SSSR count). The average molecular weight is 334 g/mol. The molecule has 1 unspecified atom stereocenters. The van der Waals surface area contributed by atoms with Crippen molar-refractivity contribution in [2.75, 3.05) is 19.7 Å². The molecule has 0 aromatic carbocycles. The molecule has 0 saturated carbocycles. The van der Waals surface area contributed by atoms with E-state index in [9.17, 15) is 9.90 Å². The molecule has 1 N–H and O–H groups in total. The lowest BCUT2D eigenvalue weighted by atomic mass is 10.1. The molecule has 2 aromatic rings. The fraction of sp³-hybridized carbons (Fsp3) is 0.562. The summed E-state index contributed by atoms with van der Waals surface area (Å²) in [7, 11) is 1.67. The number of thiazole rings is 1. The van der Waals surface area contributed by atoms with E-state index in [2.05, 4.69) is 15.0 Å². The monoisotopic (exact) mass is 334 g/mol. The van der Waals surface area contributed by atoms with Gasteiger partial charge in [-0.3, -0.25) is 9.69 Å². The van der Waals surface area contributed by atoms with Gasteiger partial charge in [-0.15, -0.1) is 11.3 Å². The Morgan fingerprint density at radius 1 is 1.43 bits per heavy atom. The minimum atomic E-state index is -0.101. The zero-order chi connectivity index (χ0) is 16.6. The molecule has 1 fully saturated rings. The number of hydrogen-bond donors (Lipinski definition) is 1. The molecule has 7 heteroatoms. The van der Waals surface area contributed by atoms with Crippen LogP contribution >= 0.6 is 11.3 Å². The van der Waals surface area contributed by atoms with Gasteiger partial charge in [-0.05, 0) is 38.3 Å². The van der Waals surface area contributed by atoms with Gasteiger partial charge in [-0.25, -0.2) is 9.67 Å². The Bertz CT molecular complexity index is 768. The van der Waals surface area contributed by atoms with Gasteiger partial charge in [0, 0.05) is 32.1 Å². The van der Waals surface area contributed by atoms with E-state index in [-0.39, 0.29) is 12.2 Å². The molecule has 0 bridgehead atoms. The van der Waals surface area contributed by atoms with Gasteiger partial charge >= 0.3 is 0 Å². The van der Waals surface area contributed by atoms with Gasteiger partial charge in [-0.1, -0.05) is 0 Å². The first-order valence-corrected chi connectivity index (χ1v) is 8.70. The summed E-state index contributed by atoms with van der Waals surface area (Å²) in [4.78, 5) is 19.4. The van der Waals surface area contributed by atoms with Crippen molar-refractivity contribution in [1.29, 1.82) is 0 Å². The fourth-order valence-corrected chi connectivity index (χ4v) is 3.93. The lowest BCUT2D eigenvalue weighted by Crippen LogP contribution is -2.24. The van der Waals surface area contributed by atoms with Gasteiger partial charge in [-0.2, -0.15) is 5.10 Å². The Labute approximate surface area is 139 Å². The van der Waals surface area contributed by atoms with Crippen molar-refractivity contribution in [3.8, 4) is 10.6 Å². The van der Waals surface area contributed by atoms with E-state index in [1.165, 1.54) is 16.0 Å². The SMILES string of the molecule is Cc1nn(C)c(=O)c(-c2nc(CN3CCC(CO)C3)cs2)c1C. The van der Waals surface area contributed by atoms with Crippen molar-refractivity contribution in [3.63, 3.8) is 0 Å². The predicted octanol–water partition coefficient (Wildman–Crippen LogP) is 1.33. The largest absolute Gasteiger partial charge is 0.396 e. The standard InChI is InChI=1S/C16H22N4O2S/c1-10-11(2)18-19(3)16(22)14(10)15-17-13(9-23-15)7-20-5-4-12(6-20)8-21/h9,12,21H,4-8H2,1-3H3. The maximum absolute atomic E-state index is 12.4. The third kappa shape index (κ3) is 3.22. The molecule has 1 aliphatic rings. The molecule has 0 radical (unpaired) electrons. The van der Waals surface area contributed by atoms with E-state index in [0.29, 0.717) is 11.5 Å². The van der Waals surface area contributed by atoms with Crippen LogP contribution in [0.1, 0.15) is 23.4 Å². The third-order valence-electron chi connectivity index (χ3n) is 4.50. The second-order valence-electron chi connectivity index (χ2n) is 6.23. The third-order valence-corrected chi connectivity index (χ3v) is 5.41. The first kappa shape index (κ1) is 16.3. The van der Waals surface area contributed by atoms with E-state index in [0.717, 1.165) is 48.0 Å². The molecule has 1 aliphatic heterocycles. The van der Waals surface area contributed by atoms with Crippen molar-refractivity contribution < 1.29 is 5.11 Å². The summed E-state index contributed by atoms with van der Waals surface area (Å²) in [6.07, 6.45) is 1.04. The molecule has 1 atom stereocenters. The lowest BCUT2D eigenvalue weighted by Gasteiger charge is -2.13. The number of aryl methyl sites for hydroxylation is 2. The molecule has 23 heavy (non-hydrogen) atoms. The van der Waals surface area contributed by atoms with E-state index in [1.54, 1.807) is 7.05 Å². The van der Waals surface area contributed by atoms with Crippen LogP contribution in [0, 0.1) is 19.8 Å². The van der Waals surface area contributed by atoms with E-state index in [4.69, 9.17) is 0 Å². The van der Waals surface area contributed by atoms with Gasteiger partial charge in [0.05, 0.1) is 17.0 Å². The fourth-order valence-electron chi connectivity index (χ4n) is 3.03. The number of likely N-dealkylation sites (tertiary alicyclic amines) is 1. The van der Waals surface area contributed by atoms with Crippen LogP contribution < -0.4 is 5.56 Å². The molecular formula is C16H22N4O2S. The van der Waals surface area contributed by atoms with Crippen LogP contribution in [0.3, 0.4) is 0 Å². The summed E-state index contributed by atoms with van der Waals surface area (Å²) in [6.45, 7) is 6.77. The van der Waals surface area contributed by atoms with Crippen molar-refractivity contribution in [2.45, 2.75) is 26.8 Å². The lowest BCUT2D eigenvalue weighted by molar-refractivity contribution is 0.219. The maximum atomic E-state index is 12.4. The van der Waals surface area contributed by atoms with E-state index >= 15 is 0 Å². The van der Waals surface area contributed by atoms with Crippen LogP contribution in [0.15, 0.2) is 10.2 Å². The smallest absolute Gasteiger partial charge is 0.277 e. The molecule has 124 valence electrons. The number of hydrogen-bond acceptors (Lipinski definition) is 6. The van der Waals surface area contributed by atoms with Gasteiger partial charge in [0.15, 0.2) is 0 Å². The molecule has 2 aromatic heterocycles. The Hall–Kier alpha value is -1.57. The van der Waals surface area contributed by atoms with Crippen LogP contribution in [-0.2, 0) is 13.6 Å². The zero-order valence-corrected chi connectivity index (χ0v) is 14.6. The summed E-state index contributed by atoms with van der Waals surface area (Å²) in [5.41, 5.74) is 3.29. The molecule has 6 nitrogen and oxygen atoms in total. The van der Waals surface area contributed by atoms with Crippen LogP contribution in [0.4, 0.5) is 0 Å².